The Morgan fingerprint density at radius 1 is 1.27 bits per heavy atom. The highest BCUT2D eigenvalue weighted by atomic mass is 17.2. The van der Waals surface area contributed by atoms with Gasteiger partial charge in [-0.25, -0.2) is 19.4 Å². The molecule has 0 aliphatic rings. The summed E-state index contributed by atoms with van der Waals surface area (Å²) in [6.45, 7) is 9.03. The molecule has 5 nitrogen and oxygen atoms in total. The summed E-state index contributed by atoms with van der Waals surface area (Å²) in [6.07, 6.45) is -0.339. The van der Waals surface area contributed by atoms with Crippen molar-refractivity contribution in [1.82, 2.24) is 0 Å². The summed E-state index contributed by atoms with van der Waals surface area (Å²) in [4.78, 5) is 27.1. The van der Waals surface area contributed by atoms with Gasteiger partial charge >= 0.3 is 12.1 Å². The minimum Gasteiger partial charge on any atom is -0.332 e. The van der Waals surface area contributed by atoms with E-state index in [0.717, 1.165) is 6.08 Å². The number of amides is 1. The van der Waals surface area contributed by atoms with Crippen LogP contribution in [0.5, 0.6) is 0 Å². The number of carbonyl (C=O) groups is 2. The molecule has 5 heteroatoms. The van der Waals surface area contributed by atoms with Crippen LogP contribution < -0.4 is 5.73 Å². The lowest BCUT2D eigenvalue weighted by Crippen LogP contribution is -2.15. The zero-order chi connectivity index (χ0) is 9.28. The molecule has 0 heterocycles. The van der Waals surface area contributed by atoms with Gasteiger partial charge in [-0.2, -0.15) is 0 Å². The van der Waals surface area contributed by atoms with Crippen molar-refractivity contribution in [2.24, 2.45) is 5.73 Å². The number of hydrogen-bond donors (Lipinski definition) is 1. The summed E-state index contributed by atoms with van der Waals surface area (Å²) in [6, 6.07) is 0. The molecule has 0 atom stereocenters. The highest BCUT2D eigenvalue weighted by molar-refractivity contribution is 5.81. The van der Waals surface area contributed by atoms with Gasteiger partial charge in [0.15, 0.2) is 0 Å². The summed E-state index contributed by atoms with van der Waals surface area (Å²) in [5, 5.41) is 0. The Balaban J connectivity index is 0. The minimum atomic E-state index is -1.18. The van der Waals surface area contributed by atoms with Crippen LogP contribution in [0.25, 0.3) is 0 Å². The van der Waals surface area contributed by atoms with Crippen LogP contribution in [0.15, 0.2) is 25.8 Å². The average Bonchev–Trinajstić information content (AvgIpc) is 2.04. The first-order chi connectivity index (χ1) is 5.16. The Kier molecular flexibility index (Phi) is 8.93. The molecular weight excluding hydrogens is 150 g/mol. The third kappa shape index (κ3) is 11.7. The second kappa shape index (κ2) is 8.22. The number of primary amides is 1. The van der Waals surface area contributed by atoms with Crippen molar-refractivity contribution in [2.75, 3.05) is 0 Å². The molecule has 0 aromatic carbocycles. The lowest BCUT2D eigenvalue weighted by atomic mass is 10.7. The second-order valence-corrected chi connectivity index (χ2v) is 1.01. The van der Waals surface area contributed by atoms with Crippen LogP contribution in [-0.4, -0.2) is 12.1 Å². The zero-order valence-corrected chi connectivity index (χ0v) is 5.91. The first-order valence-corrected chi connectivity index (χ1v) is 2.47. The molecule has 0 aromatic rings. The number of nitrogens with two attached hydrogens (primary N) is 1. The molecule has 0 radical (unpaired) electrons. The van der Waals surface area contributed by atoms with E-state index in [0.29, 0.717) is 0 Å². The second-order valence-electron chi connectivity index (χ2n) is 1.01. The lowest BCUT2D eigenvalue weighted by Gasteiger charge is -1.93. The van der Waals surface area contributed by atoms with E-state index in [1.807, 2.05) is 0 Å². The summed E-state index contributed by atoms with van der Waals surface area (Å²) in [7, 11) is 0. The van der Waals surface area contributed by atoms with Gasteiger partial charge in [0.2, 0.25) is 0 Å². The Morgan fingerprint density at radius 3 is 2.00 bits per heavy atom. The minimum absolute atomic E-state index is 0.836. The quantitative estimate of drug-likeness (QED) is 0.262. The Morgan fingerprint density at radius 2 is 1.73 bits per heavy atom. The number of hydrogen-bond acceptors (Lipinski definition) is 4. The van der Waals surface area contributed by atoms with Crippen LogP contribution in [0.1, 0.15) is 0 Å². The van der Waals surface area contributed by atoms with E-state index < -0.39 is 12.1 Å². The van der Waals surface area contributed by atoms with Crippen LogP contribution in [0.2, 0.25) is 0 Å². The standard InChI is InChI=1S/C4H5NO4.C2H4/c1-2-3(6)8-9-4(5)7;1-2/h2H,1H2,(H2,5,7);1-2H2. The first kappa shape index (κ1) is 12.0. The van der Waals surface area contributed by atoms with Crippen LogP contribution in [0.4, 0.5) is 4.79 Å². The number of rotatable bonds is 1. The molecule has 2 N–H and O–H groups in total. The van der Waals surface area contributed by atoms with Gasteiger partial charge in [0, 0.05) is 6.08 Å². The maximum atomic E-state index is 10.0. The Hall–Kier alpha value is -1.78. The van der Waals surface area contributed by atoms with Crippen molar-refractivity contribution in [3.63, 3.8) is 0 Å². The molecular formula is C6H9NO4. The molecule has 0 fully saturated rings. The Bertz CT molecular complexity index is 155. The molecule has 0 unspecified atom stereocenters. The molecule has 0 aromatic heterocycles. The van der Waals surface area contributed by atoms with Gasteiger partial charge in [-0.3, -0.25) is 0 Å². The van der Waals surface area contributed by atoms with Crippen LogP contribution >= 0.6 is 0 Å². The van der Waals surface area contributed by atoms with E-state index in [-0.39, 0.29) is 0 Å². The van der Waals surface area contributed by atoms with Gasteiger partial charge in [0.25, 0.3) is 0 Å². The van der Waals surface area contributed by atoms with Crippen LogP contribution in [0.3, 0.4) is 0 Å². The highest BCUT2D eigenvalue weighted by Gasteiger charge is 1.98. The summed E-state index contributed by atoms with van der Waals surface area (Å²) in [5.74, 6) is -0.867. The third-order valence-electron chi connectivity index (χ3n) is 0.373. The van der Waals surface area contributed by atoms with Gasteiger partial charge < -0.3 is 5.73 Å². The monoisotopic (exact) mass is 159 g/mol. The maximum Gasteiger partial charge on any atom is 0.447 e. The van der Waals surface area contributed by atoms with Crippen molar-refractivity contribution in [2.45, 2.75) is 0 Å². The zero-order valence-electron chi connectivity index (χ0n) is 5.91. The molecule has 0 saturated carbocycles. The molecule has 11 heavy (non-hydrogen) atoms. The normalized spacial score (nSPS) is 6.55. The van der Waals surface area contributed by atoms with Crippen molar-refractivity contribution in [3.05, 3.63) is 25.8 Å². The molecule has 0 aliphatic heterocycles. The summed E-state index contributed by atoms with van der Waals surface area (Å²) in [5.41, 5.74) is 4.42. The number of carbonyl (C=O) groups excluding carboxylic acids is 2. The molecule has 0 saturated heterocycles. The first-order valence-electron chi connectivity index (χ1n) is 2.47. The topological polar surface area (TPSA) is 78.6 Å². The van der Waals surface area contributed by atoms with Gasteiger partial charge in [-0.1, -0.05) is 6.58 Å². The summed E-state index contributed by atoms with van der Waals surface area (Å²) >= 11 is 0. The van der Waals surface area contributed by atoms with Crippen molar-refractivity contribution < 1.29 is 19.4 Å². The van der Waals surface area contributed by atoms with E-state index in [2.05, 4.69) is 35.2 Å². The van der Waals surface area contributed by atoms with Crippen LogP contribution in [0, 0.1) is 0 Å². The van der Waals surface area contributed by atoms with E-state index in [1.54, 1.807) is 0 Å². The Labute approximate surface area is 64.0 Å². The fraction of sp³-hybridized carbons (Fsp3) is 0. The smallest absolute Gasteiger partial charge is 0.332 e. The van der Waals surface area contributed by atoms with Gasteiger partial charge in [-0.15, -0.1) is 13.2 Å². The van der Waals surface area contributed by atoms with Gasteiger partial charge in [0.1, 0.15) is 0 Å². The van der Waals surface area contributed by atoms with E-state index in [1.165, 1.54) is 0 Å². The molecule has 62 valence electrons. The van der Waals surface area contributed by atoms with Gasteiger partial charge in [0.05, 0.1) is 0 Å². The van der Waals surface area contributed by atoms with Crippen LogP contribution in [-0.2, 0) is 14.6 Å². The molecule has 0 bridgehead atoms. The predicted molar refractivity (Wildman–Crippen MR) is 38.2 cm³/mol. The fourth-order valence-corrected chi connectivity index (χ4v) is 0.116. The third-order valence-corrected chi connectivity index (χ3v) is 0.373. The molecule has 0 rings (SSSR count). The van der Waals surface area contributed by atoms with Crippen molar-refractivity contribution >= 4 is 12.1 Å². The molecule has 0 aliphatic carbocycles. The van der Waals surface area contributed by atoms with Crippen molar-refractivity contribution in [1.29, 1.82) is 0 Å². The highest BCUT2D eigenvalue weighted by Crippen LogP contribution is 1.79. The molecule has 0 spiro atoms. The van der Waals surface area contributed by atoms with E-state index in [4.69, 9.17) is 0 Å². The average molecular weight is 159 g/mol. The SMILES string of the molecule is C=C.C=CC(=O)OOC(N)=O. The summed E-state index contributed by atoms with van der Waals surface area (Å²) < 4.78 is 0. The van der Waals surface area contributed by atoms with Gasteiger partial charge in [-0.05, 0) is 0 Å². The predicted octanol–water partition coefficient (Wildman–Crippen LogP) is 0.528. The maximum absolute atomic E-state index is 10.0. The molecule has 1 amide bonds. The van der Waals surface area contributed by atoms with Crippen molar-refractivity contribution in [3.8, 4) is 0 Å². The van der Waals surface area contributed by atoms with E-state index in [9.17, 15) is 9.59 Å². The fourth-order valence-electron chi connectivity index (χ4n) is 0.116. The largest absolute Gasteiger partial charge is 0.447 e. The van der Waals surface area contributed by atoms with E-state index >= 15 is 0 Å². The lowest BCUT2D eigenvalue weighted by molar-refractivity contribution is -0.224.